The number of esters is 1. The van der Waals surface area contributed by atoms with Crippen molar-refractivity contribution in [1.29, 1.82) is 0 Å². The largest absolute Gasteiger partial charge is 0.490 e. The van der Waals surface area contributed by atoms with Gasteiger partial charge in [0, 0.05) is 16.8 Å². The maximum Gasteiger partial charge on any atom is 0.416 e. The molecular formula is C30H28F3NO5. The van der Waals surface area contributed by atoms with Crippen LogP contribution in [0.3, 0.4) is 0 Å². The van der Waals surface area contributed by atoms with Crippen LogP contribution in [0.25, 0.3) is 0 Å². The van der Waals surface area contributed by atoms with E-state index in [-0.39, 0.29) is 37.6 Å². The van der Waals surface area contributed by atoms with E-state index in [9.17, 15) is 22.8 Å². The van der Waals surface area contributed by atoms with E-state index in [1.807, 2.05) is 18.2 Å². The molecule has 3 aromatic rings. The summed E-state index contributed by atoms with van der Waals surface area (Å²) in [6, 6.07) is 15.6. The number of carbonyl (C=O) groups excluding carboxylic acids is 2. The van der Waals surface area contributed by atoms with Crippen LogP contribution in [0.1, 0.15) is 58.3 Å². The Labute approximate surface area is 224 Å². The van der Waals surface area contributed by atoms with Crippen LogP contribution in [0.5, 0.6) is 11.5 Å². The van der Waals surface area contributed by atoms with E-state index in [4.69, 9.17) is 14.2 Å². The van der Waals surface area contributed by atoms with Crippen LogP contribution in [0, 0.1) is 0 Å². The van der Waals surface area contributed by atoms with Gasteiger partial charge < -0.3 is 19.1 Å². The minimum Gasteiger partial charge on any atom is -0.490 e. The van der Waals surface area contributed by atoms with Gasteiger partial charge in [0.25, 0.3) is 5.91 Å². The minimum absolute atomic E-state index is 0.168. The van der Waals surface area contributed by atoms with Gasteiger partial charge in [0.1, 0.15) is 24.7 Å². The predicted molar refractivity (Wildman–Crippen MR) is 138 cm³/mol. The standard InChI is InChI=1S/C30H28F3NO5/c1-2-37-28(35)17-20-7-6-19-16-23(12-13-24(19)20)38-14-15-39-27-5-3-4-25-26(27)18-34(29(25)36)22-10-8-21(9-11-22)30(31,32)33/h3-5,8-13,16,20H,2,6-7,14-15,17-18H2,1H3. The number of fused-ring (bicyclic) bond motifs is 2. The van der Waals surface area contributed by atoms with Crippen molar-refractivity contribution in [1.82, 2.24) is 0 Å². The number of anilines is 1. The second kappa shape index (κ2) is 11.0. The van der Waals surface area contributed by atoms with Gasteiger partial charge in [0.2, 0.25) is 0 Å². The van der Waals surface area contributed by atoms with Crippen LogP contribution >= 0.6 is 0 Å². The monoisotopic (exact) mass is 539 g/mol. The zero-order valence-electron chi connectivity index (χ0n) is 21.4. The summed E-state index contributed by atoms with van der Waals surface area (Å²) in [4.78, 5) is 26.3. The number of hydrogen-bond donors (Lipinski definition) is 0. The molecule has 5 rings (SSSR count). The van der Waals surface area contributed by atoms with Gasteiger partial charge in [-0.2, -0.15) is 13.2 Å². The van der Waals surface area contributed by atoms with E-state index in [0.29, 0.717) is 35.6 Å². The molecule has 2 aliphatic rings. The molecule has 3 aromatic carbocycles. The van der Waals surface area contributed by atoms with E-state index in [0.717, 1.165) is 36.3 Å². The van der Waals surface area contributed by atoms with Gasteiger partial charge >= 0.3 is 12.1 Å². The molecule has 0 aromatic heterocycles. The highest BCUT2D eigenvalue weighted by molar-refractivity contribution is 6.10. The van der Waals surface area contributed by atoms with Crippen LogP contribution in [0.4, 0.5) is 18.9 Å². The lowest BCUT2D eigenvalue weighted by atomic mass is 9.98. The van der Waals surface area contributed by atoms with Gasteiger partial charge in [-0.25, -0.2) is 0 Å². The Bertz CT molecular complexity index is 1370. The number of rotatable bonds is 9. The first-order valence-electron chi connectivity index (χ1n) is 12.9. The van der Waals surface area contributed by atoms with Gasteiger partial charge in [-0.3, -0.25) is 9.59 Å². The SMILES string of the molecule is CCOC(=O)CC1CCc2cc(OCCOc3cccc4c3CN(c3ccc(C(F)(F)F)cc3)C4=O)ccc21. The van der Waals surface area contributed by atoms with E-state index >= 15 is 0 Å². The Hall–Kier alpha value is -4.01. The highest BCUT2D eigenvalue weighted by atomic mass is 19.4. The molecule has 0 N–H and O–H groups in total. The molecule has 0 saturated heterocycles. The number of nitrogens with zero attached hydrogens (tertiary/aromatic N) is 1. The van der Waals surface area contributed by atoms with Crippen molar-refractivity contribution in [3.05, 3.63) is 88.5 Å². The third kappa shape index (κ3) is 5.72. The number of aryl methyl sites for hydroxylation is 1. The lowest BCUT2D eigenvalue weighted by Crippen LogP contribution is -2.23. The van der Waals surface area contributed by atoms with Gasteiger partial charge in [0.15, 0.2) is 0 Å². The number of amides is 1. The third-order valence-corrected chi connectivity index (χ3v) is 7.08. The molecule has 0 radical (unpaired) electrons. The topological polar surface area (TPSA) is 65.1 Å². The van der Waals surface area contributed by atoms with Crippen molar-refractivity contribution in [2.75, 3.05) is 24.7 Å². The lowest BCUT2D eigenvalue weighted by Gasteiger charge is -2.17. The quantitative estimate of drug-likeness (QED) is 0.236. The summed E-state index contributed by atoms with van der Waals surface area (Å²) in [5, 5.41) is 0. The van der Waals surface area contributed by atoms with Crippen molar-refractivity contribution >= 4 is 17.6 Å². The fraction of sp³-hybridized carbons (Fsp3) is 0.333. The van der Waals surface area contributed by atoms with Crippen molar-refractivity contribution in [2.24, 2.45) is 0 Å². The Morgan fingerprint density at radius 1 is 1.03 bits per heavy atom. The number of hydrogen-bond acceptors (Lipinski definition) is 5. The summed E-state index contributed by atoms with van der Waals surface area (Å²) in [7, 11) is 0. The number of benzene rings is 3. The Balaban J connectivity index is 1.17. The molecular weight excluding hydrogens is 511 g/mol. The van der Waals surface area contributed by atoms with E-state index in [1.165, 1.54) is 22.6 Å². The van der Waals surface area contributed by atoms with Gasteiger partial charge in [-0.15, -0.1) is 0 Å². The molecule has 39 heavy (non-hydrogen) atoms. The molecule has 0 bridgehead atoms. The summed E-state index contributed by atoms with van der Waals surface area (Å²) in [5.74, 6) is 0.961. The normalized spacial score (nSPS) is 16.2. The van der Waals surface area contributed by atoms with Crippen LogP contribution in [0.15, 0.2) is 60.7 Å². The number of carbonyl (C=O) groups is 2. The van der Waals surface area contributed by atoms with Gasteiger partial charge in [-0.1, -0.05) is 12.1 Å². The maximum absolute atomic E-state index is 13.0. The highest BCUT2D eigenvalue weighted by Crippen LogP contribution is 2.38. The predicted octanol–water partition coefficient (Wildman–Crippen LogP) is 6.31. The molecule has 1 heterocycles. The molecule has 1 atom stereocenters. The van der Waals surface area contributed by atoms with Crippen molar-refractivity contribution in [2.45, 2.75) is 44.8 Å². The molecule has 0 saturated carbocycles. The molecule has 0 spiro atoms. The zero-order valence-corrected chi connectivity index (χ0v) is 21.4. The van der Waals surface area contributed by atoms with Crippen LogP contribution < -0.4 is 14.4 Å². The maximum atomic E-state index is 13.0. The van der Waals surface area contributed by atoms with Gasteiger partial charge in [-0.05, 0) is 85.3 Å². The Kier molecular flexibility index (Phi) is 7.50. The Morgan fingerprint density at radius 3 is 2.54 bits per heavy atom. The summed E-state index contributed by atoms with van der Waals surface area (Å²) in [6.45, 7) is 2.91. The highest BCUT2D eigenvalue weighted by Gasteiger charge is 2.33. The first-order valence-corrected chi connectivity index (χ1v) is 12.9. The zero-order chi connectivity index (χ0) is 27.6. The van der Waals surface area contributed by atoms with Gasteiger partial charge in [0.05, 0.1) is 25.1 Å². The first-order chi connectivity index (χ1) is 18.7. The van der Waals surface area contributed by atoms with Crippen molar-refractivity contribution in [3.8, 4) is 11.5 Å². The summed E-state index contributed by atoms with van der Waals surface area (Å²) < 4.78 is 55.7. The van der Waals surface area contributed by atoms with Crippen molar-refractivity contribution in [3.63, 3.8) is 0 Å². The summed E-state index contributed by atoms with van der Waals surface area (Å²) in [6.07, 6.45) is -2.27. The summed E-state index contributed by atoms with van der Waals surface area (Å²) in [5.41, 5.74) is 3.11. The van der Waals surface area contributed by atoms with Crippen LogP contribution in [-0.2, 0) is 28.7 Å². The first kappa shape index (κ1) is 26.6. The Morgan fingerprint density at radius 2 is 1.79 bits per heavy atom. The van der Waals surface area contributed by atoms with E-state index in [2.05, 4.69) is 0 Å². The molecule has 1 unspecified atom stereocenters. The molecule has 1 aliphatic carbocycles. The average molecular weight is 540 g/mol. The average Bonchev–Trinajstić information content (AvgIpc) is 3.47. The lowest BCUT2D eigenvalue weighted by molar-refractivity contribution is -0.143. The summed E-state index contributed by atoms with van der Waals surface area (Å²) >= 11 is 0. The molecule has 1 aliphatic heterocycles. The molecule has 6 nitrogen and oxygen atoms in total. The fourth-order valence-electron chi connectivity index (χ4n) is 5.19. The molecule has 9 heteroatoms. The number of halogens is 3. The van der Waals surface area contributed by atoms with E-state index < -0.39 is 11.7 Å². The number of ether oxygens (including phenoxy) is 3. The second-order valence-corrected chi connectivity index (χ2v) is 9.52. The molecule has 0 fully saturated rings. The van der Waals surface area contributed by atoms with E-state index in [1.54, 1.807) is 25.1 Å². The number of alkyl halides is 3. The smallest absolute Gasteiger partial charge is 0.416 e. The van der Waals surface area contributed by atoms with Crippen LogP contribution in [0.2, 0.25) is 0 Å². The minimum atomic E-state index is -4.44. The molecule has 204 valence electrons. The fourth-order valence-corrected chi connectivity index (χ4v) is 5.19. The third-order valence-electron chi connectivity index (χ3n) is 7.08. The van der Waals surface area contributed by atoms with Crippen LogP contribution in [-0.4, -0.2) is 31.7 Å². The van der Waals surface area contributed by atoms with Crippen molar-refractivity contribution < 1.29 is 37.0 Å². The molecule has 1 amide bonds. The second-order valence-electron chi connectivity index (χ2n) is 9.52.